The number of rotatable bonds is 3. The zero-order valence-corrected chi connectivity index (χ0v) is 18.2. The highest BCUT2D eigenvalue weighted by Crippen LogP contribution is 2.31. The summed E-state index contributed by atoms with van der Waals surface area (Å²) in [6, 6.07) is 3.74. The Labute approximate surface area is 186 Å². The summed E-state index contributed by atoms with van der Waals surface area (Å²) in [6.07, 6.45) is 3.46. The number of piperidine rings is 2. The Hall–Kier alpha value is -3.17. The van der Waals surface area contributed by atoms with E-state index in [1.54, 1.807) is 18.0 Å². The van der Waals surface area contributed by atoms with Crippen LogP contribution in [0.2, 0.25) is 0 Å². The molecule has 3 saturated heterocycles. The van der Waals surface area contributed by atoms with E-state index in [4.69, 9.17) is 0 Å². The maximum absolute atomic E-state index is 12.9. The van der Waals surface area contributed by atoms with Crippen LogP contribution in [0.3, 0.4) is 0 Å². The Morgan fingerprint density at radius 1 is 1.06 bits per heavy atom. The molecule has 172 valence electrons. The van der Waals surface area contributed by atoms with Gasteiger partial charge in [0.1, 0.15) is 5.82 Å². The van der Waals surface area contributed by atoms with E-state index in [1.807, 2.05) is 17.0 Å². The van der Waals surface area contributed by atoms with Crippen molar-refractivity contribution >= 4 is 29.6 Å². The number of nitrogens with zero attached hydrogens (tertiary/aromatic N) is 4. The highest BCUT2D eigenvalue weighted by atomic mass is 16.4. The summed E-state index contributed by atoms with van der Waals surface area (Å²) in [5.41, 5.74) is 0.0484. The molecule has 1 aromatic rings. The number of carboxylic acids is 1. The number of aliphatic carboxylic acids is 1. The Morgan fingerprint density at radius 3 is 2.28 bits per heavy atom. The van der Waals surface area contributed by atoms with Crippen molar-refractivity contribution in [2.45, 2.75) is 38.5 Å². The lowest BCUT2D eigenvalue weighted by Gasteiger charge is -2.41. The van der Waals surface area contributed by atoms with Gasteiger partial charge in [-0.15, -0.1) is 0 Å². The van der Waals surface area contributed by atoms with E-state index in [9.17, 15) is 24.3 Å². The molecule has 2 N–H and O–H groups in total. The van der Waals surface area contributed by atoms with Crippen LogP contribution in [0.15, 0.2) is 18.3 Å². The number of carbonyl (C=O) groups excluding carboxylic acids is 3. The van der Waals surface area contributed by atoms with Crippen LogP contribution in [-0.4, -0.2) is 83.0 Å². The largest absolute Gasteiger partial charge is 0.481 e. The Morgan fingerprint density at radius 2 is 1.72 bits per heavy atom. The molecule has 4 heterocycles. The number of hydrogen-bond donors (Lipinski definition) is 2. The fraction of sp³-hybridized carbons (Fsp3) is 0.591. The van der Waals surface area contributed by atoms with Crippen molar-refractivity contribution in [2.75, 3.05) is 44.2 Å². The summed E-state index contributed by atoms with van der Waals surface area (Å²) >= 11 is 0. The number of likely N-dealkylation sites (tertiary alicyclic amines) is 1. The predicted molar refractivity (Wildman–Crippen MR) is 115 cm³/mol. The van der Waals surface area contributed by atoms with Crippen LogP contribution < -0.4 is 10.2 Å². The second kappa shape index (κ2) is 8.76. The highest BCUT2D eigenvalue weighted by molar-refractivity contribution is 6.00. The van der Waals surface area contributed by atoms with Crippen molar-refractivity contribution in [1.82, 2.24) is 20.1 Å². The first-order valence-corrected chi connectivity index (χ1v) is 11.1. The monoisotopic (exact) mass is 443 g/mol. The first-order chi connectivity index (χ1) is 15.3. The topological polar surface area (TPSA) is 123 Å². The molecule has 4 rings (SSSR count). The van der Waals surface area contributed by atoms with E-state index in [0.29, 0.717) is 65.0 Å². The predicted octanol–water partition coefficient (Wildman–Crippen LogP) is 1.03. The van der Waals surface area contributed by atoms with Crippen LogP contribution >= 0.6 is 0 Å². The number of hydrogen-bond acceptors (Lipinski definition) is 6. The van der Waals surface area contributed by atoms with Gasteiger partial charge in [0.15, 0.2) is 0 Å². The molecule has 3 aliphatic rings. The number of aromatic nitrogens is 1. The summed E-state index contributed by atoms with van der Waals surface area (Å²) < 4.78 is 0. The van der Waals surface area contributed by atoms with E-state index < -0.39 is 11.4 Å². The molecule has 10 heteroatoms. The van der Waals surface area contributed by atoms with Crippen molar-refractivity contribution in [1.29, 1.82) is 0 Å². The molecule has 0 saturated carbocycles. The van der Waals surface area contributed by atoms with Gasteiger partial charge in [0, 0.05) is 51.9 Å². The van der Waals surface area contributed by atoms with Gasteiger partial charge in [0.25, 0.3) is 0 Å². The fourth-order valence-corrected chi connectivity index (χ4v) is 4.53. The van der Waals surface area contributed by atoms with E-state index in [1.165, 1.54) is 0 Å². The summed E-state index contributed by atoms with van der Waals surface area (Å²) in [7, 11) is 0. The molecule has 1 aromatic heterocycles. The number of nitrogens with one attached hydrogen (secondary N) is 1. The molecule has 10 nitrogen and oxygen atoms in total. The maximum atomic E-state index is 12.9. The number of anilines is 1. The smallest absolute Gasteiger partial charge is 0.320 e. The Balaban J connectivity index is 1.29. The van der Waals surface area contributed by atoms with Crippen LogP contribution in [-0.2, 0) is 14.4 Å². The minimum Gasteiger partial charge on any atom is -0.481 e. The van der Waals surface area contributed by atoms with Crippen LogP contribution in [0.25, 0.3) is 0 Å². The molecular weight excluding hydrogens is 414 g/mol. The molecule has 3 fully saturated rings. The van der Waals surface area contributed by atoms with E-state index in [2.05, 4.69) is 15.2 Å². The molecule has 0 radical (unpaired) electrons. The molecule has 0 spiro atoms. The summed E-state index contributed by atoms with van der Waals surface area (Å²) in [6.45, 7) is 5.11. The van der Waals surface area contributed by atoms with Crippen LogP contribution in [0, 0.1) is 5.41 Å². The van der Waals surface area contributed by atoms with Gasteiger partial charge in [-0.3, -0.25) is 19.7 Å². The molecule has 4 amide bonds. The molecule has 1 atom stereocenters. The fourth-order valence-electron chi connectivity index (χ4n) is 4.53. The number of pyridine rings is 1. The lowest BCUT2D eigenvalue weighted by Crippen LogP contribution is -2.55. The van der Waals surface area contributed by atoms with Crippen LogP contribution in [0.5, 0.6) is 0 Å². The third-order valence-electron chi connectivity index (χ3n) is 6.94. The second-order valence-corrected chi connectivity index (χ2v) is 9.06. The summed E-state index contributed by atoms with van der Waals surface area (Å²) in [5.74, 6) is -0.859. The van der Waals surface area contributed by atoms with Crippen molar-refractivity contribution in [3.8, 4) is 0 Å². The van der Waals surface area contributed by atoms with E-state index in [0.717, 1.165) is 11.4 Å². The van der Waals surface area contributed by atoms with Gasteiger partial charge >= 0.3 is 12.0 Å². The SMILES string of the molecule is CC1(C(=O)O)CCN(C(=O)N2CCN(c3ccc(C4CCC(=O)NC4=O)cn3)CC2)CC1. The van der Waals surface area contributed by atoms with Crippen LogP contribution in [0.1, 0.15) is 44.1 Å². The Kier molecular flexibility index (Phi) is 6.03. The highest BCUT2D eigenvalue weighted by Gasteiger charge is 2.39. The minimum atomic E-state index is -0.797. The number of amides is 4. The molecule has 0 bridgehead atoms. The van der Waals surface area contributed by atoms with Crippen molar-refractivity contribution in [2.24, 2.45) is 5.41 Å². The molecule has 0 aromatic carbocycles. The molecule has 1 unspecified atom stereocenters. The third-order valence-corrected chi connectivity index (χ3v) is 6.94. The first-order valence-electron chi connectivity index (χ1n) is 11.1. The normalized spacial score (nSPS) is 23.7. The summed E-state index contributed by atoms with van der Waals surface area (Å²) in [4.78, 5) is 57.8. The first kappa shape index (κ1) is 22.0. The number of carbonyl (C=O) groups is 4. The zero-order valence-electron chi connectivity index (χ0n) is 18.2. The van der Waals surface area contributed by atoms with E-state index >= 15 is 0 Å². The number of urea groups is 1. The minimum absolute atomic E-state index is 0.0294. The van der Waals surface area contributed by atoms with Gasteiger partial charge in [-0.2, -0.15) is 0 Å². The van der Waals surface area contributed by atoms with E-state index in [-0.39, 0.29) is 23.8 Å². The zero-order chi connectivity index (χ0) is 22.9. The van der Waals surface area contributed by atoms with Gasteiger partial charge in [-0.25, -0.2) is 9.78 Å². The molecule has 0 aliphatic carbocycles. The number of carboxylic acid groups (broad SMARTS) is 1. The number of imide groups is 1. The van der Waals surface area contributed by atoms with Crippen LogP contribution in [0.4, 0.5) is 10.6 Å². The van der Waals surface area contributed by atoms with Crippen molar-refractivity contribution in [3.63, 3.8) is 0 Å². The second-order valence-electron chi connectivity index (χ2n) is 9.06. The van der Waals surface area contributed by atoms with Gasteiger partial charge in [-0.05, 0) is 37.8 Å². The average Bonchev–Trinajstić information content (AvgIpc) is 2.79. The molecular formula is C22H29N5O5. The molecule has 3 aliphatic heterocycles. The molecule has 32 heavy (non-hydrogen) atoms. The van der Waals surface area contributed by atoms with Crippen molar-refractivity contribution < 1.29 is 24.3 Å². The van der Waals surface area contributed by atoms with Gasteiger partial charge < -0.3 is 19.8 Å². The summed E-state index contributed by atoms with van der Waals surface area (Å²) in [5, 5.41) is 11.7. The maximum Gasteiger partial charge on any atom is 0.320 e. The quantitative estimate of drug-likeness (QED) is 0.669. The third kappa shape index (κ3) is 4.39. The lowest BCUT2D eigenvalue weighted by molar-refractivity contribution is -0.150. The standard InChI is InChI=1S/C22H29N5O5/c1-22(20(30)31)6-8-26(9-7-22)21(32)27-12-10-25(11-13-27)17-4-2-15(14-23-17)16-3-5-18(28)24-19(16)29/h2,4,14,16H,3,5-13H2,1H3,(H,30,31)(H,24,28,29). The van der Waals surface area contributed by atoms with Gasteiger partial charge in [0.2, 0.25) is 11.8 Å². The van der Waals surface area contributed by atoms with Gasteiger partial charge in [-0.1, -0.05) is 6.07 Å². The Bertz CT molecular complexity index is 902. The van der Waals surface area contributed by atoms with Gasteiger partial charge in [0.05, 0.1) is 11.3 Å². The van der Waals surface area contributed by atoms with Crippen molar-refractivity contribution in [3.05, 3.63) is 23.9 Å². The average molecular weight is 444 g/mol. The lowest BCUT2D eigenvalue weighted by atomic mass is 9.80. The number of piperazine rings is 1.